The third kappa shape index (κ3) is 5.63. The van der Waals surface area contributed by atoms with Crippen molar-refractivity contribution >= 4 is 29.3 Å². The number of rotatable bonds is 2. The Morgan fingerprint density at radius 1 is 0.760 bits per heavy atom. The first-order chi connectivity index (χ1) is 11.7. The maximum absolute atomic E-state index is 11.6. The zero-order valence-electron chi connectivity index (χ0n) is 14.3. The highest BCUT2D eigenvalue weighted by Gasteiger charge is 2.36. The first-order valence-corrected chi connectivity index (χ1v) is 8.92. The summed E-state index contributed by atoms with van der Waals surface area (Å²) in [5, 5.41) is 0.669. The van der Waals surface area contributed by atoms with E-state index in [1.165, 1.54) is 12.8 Å². The number of halogens is 1. The Balaban J connectivity index is 0.00000225. The lowest BCUT2D eigenvalue weighted by molar-refractivity contribution is -0.578. The lowest BCUT2D eigenvalue weighted by Gasteiger charge is -2.11. The molecular formula is C17H24ClN3O4. The molecule has 3 aliphatic rings. The Morgan fingerprint density at radius 3 is 1.64 bits per heavy atom. The second-order valence-electron chi connectivity index (χ2n) is 6.50. The fraction of sp³-hybridized carbons (Fsp3) is 0.706. The molecule has 1 saturated heterocycles. The molecule has 0 unspecified atom stereocenters. The van der Waals surface area contributed by atoms with E-state index < -0.39 is 11.8 Å². The minimum absolute atomic E-state index is 0. The Bertz CT molecular complexity index is 539. The van der Waals surface area contributed by atoms with E-state index in [1.807, 2.05) is 0 Å². The van der Waals surface area contributed by atoms with E-state index >= 15 is 0 Å². The highest BCUT2D eigenvalue weighted by Crippen LogP contribution is 2.19. The van der Waals surface area contributed by atoms with Crippen molar-refractivity contribution in [1.29, 1.82) is 0 Å². The predicted molar refractivity (Wildman–Crippen MR) is 88.6 cm³/mol. The van der Waals surface area contributed by atoms with E-state index in [4.69, 9.17) is 9.56 Å². The highest BCUT2D eigenvalue weighted by atomic mass is 35.5. The summed E-state index contributed by atoms with van der Waals surface area (Å²) in [5.41, 5.74) is 2.08. The first-order valence-electron chi connectivity index (χ1n) is 8.92. The molecule has 0 aromatic carbocycles. The van der Waals surface area contributed by atoms with Gasteiger partial charge in [-0.05, 0) is 56.4 Å². The van der Waals surface area contributed by atoms with Crippen molar-refractivity contribution in [2.75, 3.05) is 0 Å². The molecule has 2 aliphatic carbocycles. The van der Waals surface area contributed by atoms with Crippen LogP contribution in [0.25, 0.3) is 0 Å². The maximum Gasteiger partial charge on any atom is 0.640 e. The molecule has 25 heavy (non-hydrogen) atoms. The number of urea groups is 1. The van der Waals surface area contributed by atoms with Crippen LogP contribution >= 0.6 is 0 Å². The Hall–Kier alpha value is -1.76. The summed E-state index contributed by atoms with van der Waals surface area (Å²) in [6.07, 6.45) is 10.9. The number of hydrogen-bond acceptors (Lipinski definition) is 3. The van der Waals surface area contributed by atoms with Crippen molar-refractivity contribution in [3.63, 3.8) is 0 Å². The summed E-state index contributed by atoms with van der Waals surface area (Å²) >= 11 is 0. The Kier molecular flexibility index (Phi) is 7.55. The molecule has 1 heterocycles. The number of hydroxylamine groups is 2. The normalized spacial score (nSPS) is 20.9. The van der Waals surface area contributed by atoms with Crippen LogP contribution in [0.1, 0.15) is 77.0 Å². The van der Waals surface area contributed by atoms with Crippen LogP contribution in [0.4, 0.5) is 4.58 Å². The van der Waals surface area contributed by atoms with Crippen LogP contribution in [0, 0.1) is 0 Å². The number of nitrogens with zero attached hydrogens (tertiary/aromatic N) is 3. The van der Waals surface area contributed by atoms with Gasteiger partial charge in [-0.15, -0.1) is 9.98 Å². The van der Waals surface area contributed by atoms with Gasteiger partial charge in [0.05, 0.1) is 0 Å². The second-order valence-corrected chi connectivity index (χ2v) is 6.50. The number of amides is 4. The van der Waals surface area contributed by atoms with Gasteiger partial charge in [0.15, 0.2) is 0 Å². The van der Waals surface area contributed by atoms with Gasteiger partial charge in [0, 0.05) is 29.3 Å². The fourth-order valence-corrected chi connectivity index (χ4v) is 3.19. The number of imide groups is 1. The van der Waals surface area contributed by atoms with E-state index in [-0.39, 0.29) is 31.3 Å². The Morgan fingerprint density at radius 2 is 1.20 bits per heavy atom. The van der Waals surface area contributed by atoms with Crippen LogP contribution < -0.4 is 12.4 Å². The van der Waals surface area contributed by atoms with Crippen molar-refractivity contribution in [1.82, 2.24) is 5.06 Å². The average molecular weight is 370 g/mol. The van der Waals surface area contributed by atoms with Crippen molar-refractivity contribution in [2.45, 2.75) is 77.0 Å². The lowest BCUT2D eigenvalue weighted by atomic mass is 9.98. The van der Waals surface area contributed by atoms with Crippen LogP contribution in [0.5, 0.6) is 0 Å². The van der Waals surface area contributed by atoms with Crippen LogP contribution in [0.15, 0.2) is 9.98 Å². The molecule has 0 radical (unpaired) electrons. The number of carbonyl (C=O) groups excluding carboxylic acids is 3. The maximum atomic E-state index is 11.6. The number of hydrogen-bond donors (Lipinski definition) is 0. The molecule has 3 rings (SSSR count). The summed E-state index contributed by atoms with van der Waals surface area (Å²) < 4.78 is 5.20. The van der Waals surface area contributed by atoms with Gasteiger partial charge in [-0.2, -0.15) is 0 Å². The third-order valence-electron chi connectivity index (χ3n) is 4.56. The van der Waals surface area contributed by atoms with E-state index in [0.717, 1.165) is 62.8 Å². The summed E-state index contributed by atoms with van der Waals surface area (Å²) in [4.78, 5) is 37.1. The van der Waals surface area contributed by atoms with Gasteiger partial charge in [0.25, 0.3) is 11.8 Å². The predicted octanol–water partition coefficient (Wildman–Crippen LogP) is 0.452. The third-order valence-corrected chi connectivity index (χ3v) is 4.56. The molecule has 0 N–H and O–H groups in total. The second kappa shape index (κ2) is 9.65. The molecule has 0 spiro atoms. The molecule has 7 nitrogen and oxygen atoms in total. The molecule has 138 valence electrons. The SMILES string of the molecule is O=C1CCC(=O)N1O[O+]=C(N=C1CCCCC1)N=C1CCCCC1.[Cl-]. The van der Waals surface area contributed by atoms with Gasteiger partial charge in [-0.3, -0.25) is 9.59 Å². The van der Waals surface area contributed by atoms with Crippen molar-refractivity contribution < 1.29 is 31.6 Å². The number of carbonyl (C=O) groups is 2. The largest absolute Gasteiger partial charge is 1.00 e. The summed E-state index contributed by atoms with van der Waals surface area (Å²) in [5.74, 6) is -0.787. The minimum atomic E-state index is -0.394. The molecule has 0 aromatic heterocycles. The number of aliphatic imine (C=N–C) groups is 2. The molecular weight excluding hydrogens is 346 g/mol. The summed E-state index contributed by atoms with van der Waals surface area (Å²) in [6.45, 7) is 0. The van der Waals surface area contributed by atoms with Gasteiger partial charge in [0.1, 0.15) is 4.58 Å². The van der Waals surface area contributed by atoms with Crippen molar-refractivity contribution in [3.8, 4) is 0 Å². The van der Waals surface area contributed by atoms with Gasteiger partial charge in [-0.25, -0.2) is 0 Å². The smallest absolute Gasteiger partial charge is 0.640 e. The molecule has 0 bridgehead atoms. The molecule has 1 aliphatic heterocycles. The molecule has 2 saturated carbocycles. The molecule has 8 heteroatoms. The topological polar surface area (TPSA) is 82.6 Å². The first kappa shape index (κ1) is 19.6. The van der Waals surface area contributed by atoms with E-state index in [1.54, 1.807) is 0 Å². The average Bonchev–Trinajstić information content (AvgIpc) is 2.93. The van der Waals surface area contributed by atoms with E-state index in [9.17, 15) is 9.59 Å². The summed E-state index contributed by atoms with van der Waals surface area (Å²) in [6, 6.07) is 0.108. The summed E-state index contributed by atoms with van der Waals surface area (Å²) in [7, 11) is 0. The van der Waals surface area contributed by atoms with Crippen LogP contribution in [0.3, 0.4) is 0 Å². The van der Waals surface area contributed by atoms with Crippen molar-refractivity contribution in [3.05, 3.63) is 0 Å². The lowest BCUT2D eigenvalue weighted by Crippen LogP contribution is -3.00. The fourth-order valence-electron chi connectivity index (χ4n) is 3.19. The molecule has 0 atom stereocenters. The zero-order valence-corrected chi connectivity index (χ0v) is 15.1. The van der Waals surface area contributed by atoms with Crippen LogP contribution in [-0.2, 0) is 14.6 Å². The van der Waals surface area contributed by atoms with Gasteiger partial charge >= 0.3 is 6.03 Å². The van der Waals surface area contributed by atoms with Gasteiger partial charge in [-0.1, -0.05) is 12.8 Å². The van der Waals surface area contributed by atoms with Gasteiger partial charge < -0.3 is 12.4 Å². The standard InChI is InChI=1S/C17H24N3O4.ClH/c21-15-11-12-16(22)20(15)24-23-17(18-13-7-3-1-4-8-13)19-14-9-5-2-6-10-14;/h1-12H2;1H/q+1;/p-1. The molecule has 3 fully saturated rings. The van der Waals surface area contributed by atoms with Gasteiger partial charge in [0.2, 0.25) is 0 Å². The Labute approximate surface area is 153 Å². The highest BCUT2D eigenvalue weighted by molar-refractivity contribution is 6.02. The van der Waals surface area contributed by atoms with Crippen LogP contribution in [-0.4, -0.2) is 34.3 Å². The zero-order chi connectivity index (χ0) is 16.8. The molecule has 0 aromatic rings. The van der Waals surface area contributed by atoms with E-state index in [0.29, 0.717) is 5.06 Å². The van der Waals surface area contributed by atoms with Crippen molar-refractivity contribution in [2.24, 2.45) is 9.98 Å². The monoisotopic (exact) mass is 369 g/mol. The van der Waals surface area contributed by atoms with Crippen LogP contribution in [0.2, 0.25) is 0 Å². The molecule has 4 amide bonds. The van der Waals surface area contributed by atoms with E-state index in [2.05, 4.69) is 9.98 Å². The quantitative estimate of drug-likeness (QED) is 0.307. The minimum Gasteiger partial charge on any atom is -1.00 e.